The summed E-state index contributed by atoms with van der Waals surface area (Å²) in [7, 11) is -3.59. The maximum Gasteiger partial charge on any atom is 0.254 e. The van der Waals surface area contributed by atoms with Crippen LogP contribution >= 0.6 is 0 Å². The minimum absolute atomic E-state index is 0.121. The van der Waals surface area contributed by atoms with E-state index >= 15 is 0 Å². The fraction of sp³-hybridized carbons (Fsp3) is 0.286. The average molecular weight is 385 g/mol. The third-order valence-corrected chi connectivity index (χ3v) is 6.27. The molecular weight excluding hydrogens is 360 g/mol. The monoisotopic (exact) mass is 384 g/mol. The molecule has 0 unspecified atom stereocenters. The molecule has 1 N–H and O–H groups in total. The van der Waals surface area contributed by atoms with Crippen molar-refractivity contribution in [3.05, 3.63) is 71.3 Å². The van der Waals surface area contributed by atoms with Crippen molar-refractivity contribution in [2.24, 2.45) is 0 Å². The Bertz CT molecular complexity index is 966. The van der Waals surface area contributed by atoms with Crippen LogP contribution in [0.5, 0.6) is 0 Å². The zero-order valence-electron chi connectivity index (χ0n) is 15.6. The Morgan fingerprint density at radius 3 is 2.52 bits per heavy atom. The molecule has 1 heterocycles. The molecule has 5 nitrogen and oxygen atoms in total. The number of carbonyl (C=O) groups is 1. The summed E-state index contributed by atoms with van der Waals surface area (Å²) in [5, 5.41) is 0. The largest absolute Gasteiger partial charge is 0.335 e. The van der Waals surface area contributed by atoms with Gasteiger partial charge in [-0.3, -0.25) is 4.79 Å². The van der Waals surface area contributed by atoms with E-state index in [1.54, 1.807) is 17.9 Å². The molecule has 1 aliphatic heterocycles. The highest BCUT2D eigenvalue weighted by atomic mass is 32.2. The van der Waals surface area contributed by atoms with Gasteiger partial charge in [0.1, 0.15) is 0 Å². The SMILES string of the molecule is CCNS(=O)(=O)c1ccc(C)c(C(=O)N2CC=C(c3ccccc3)CC2)c1. The van der Waals surface area contributed by atoms with Crippen LogP contribution in [0.15, 0.2) is 59.5 Å². The highest BCUT2D eigenvalue weighted by Gasteiger charge is 2.23. The molecule has 1 aliphatic rings. The Kier molecular flexibility index (Phi) is 5.77. The van der Waals surface area contributed by atoms with E-state index in [0.29, 0.717) is 25.2 Å². The Morgan fingerprint density at radius 1 is 1.15 bits per heavy atom. The minimum atomic E-state index is -3.59. The van der Waals surface area contributed by atoms with E-state index in [0.717, 1.165) is 12.0 Å². The van der Waals surface area contributed by atoms with Gasteiger partial charge in [-0.1, -0.05) is 49.4 Å². The first-order valence-electron chi connectivity index (χ1n) is 9.06. The van der Waals surface area contributed by atoms with Crippen LogP contribution in [0.4, 0.5) is 0 Å². The van der Waals surface area contributed by atoms with Crippen LogP contribution in [0, 0.1) is 6.92 Å². The molecule has 2 aromatic carbocycles. The van der Waals surface area contributed by atoms with Gasteiger partial charge in [-0.25, -0.2) is 13.1 Å². The summed E-state index contributed by atoms with van der Waals surface area (Å²) in [6.45, 7) is 4.99. The van der Waals surface area contributed by atoms with Crippen LogP contribution in [0.25, 0.3) is 5.57 Å². The van der Waals surface area contributed by atoms with Crippen LogP contribution in [0.2, 0.25) is 0 Å². The topological polar surface area (TPSA) is 66.5 Å². The summed E-state index contributed by atoms with van der Waals surface area (Å²) in [6, 6.07) is 14.8. The Hall–Kier alpha value is -2.44. The van der Waals surface area contributed by atoms with E-state index in [1.807, 2.05) is 25.1 Å². The Balaban J connectivity index is 1.82. The zero-order valence-corrected chi connectivity index (χ0v) is 16.4. The molecule has 0 spiro atoms. The van der Waals surface area contributed by atoms with Crippen molar-refractivity contribution in [3.63, 3.8) is 0 Å². The second-order valence-electron chi connectivity index (χ2n) is 6.57. The van der Waals surface area contributed by atoms with Crippen molar-refractivity contribution in [2.45, 2.75) is 25.2 Å². The van der Waals surface area contributed by atoms with Crippen LogP contribution in [0.3, 0.4) is 0 Å². The van der Waals surface area contributed by atoms with Crippen LogP contribution in [-0.2, 0) is 10.0 Å². The van der Waals surface area contributed by atoms with Gasteiger partial charge in [0, 0.05) is 25.2 Å². The van der Waals surface area contributed by atoms with Gasteiger partial charge in [0.25, 0.3) is 5.91 Å². The van der Waals surface area contributed by atoms with Crippen LogP contribution in [0.1, 0.15) is 34.8 Å². The van der Waals surface area contributed by atoms with Gasteiger partial charge in [-0.15, -0.1) is 0 Å². The van der Waals surface area contributed by atoms with E-state index in [9.17, 15) is 13.2 Å². The van der Waals surface area contributed by atoms with E-state index < -0.39 is 10.0 Å². The van der Waals surface area contributed by atoms with E-state index in [4.69, 9.17) is 0 Å². The highest BCUT2D eigenvalue weighted by molar-refractivity contribution is 7.89. The number of aryl methyl sites for hydroxylation is 1. The normalized spacial score (nSPS) is 14.7. The van der Waals surface area contributed by atoms with Crippen LogP contribution in [-0.4, -0.2) is 38.9 Å². The molecule has 0 aromatic heterocycles. The second-order valence-corrected chi connectivity index (χ2v) is 8.34. The molecule has 2 aromatic rings. The van der Waals surface area contributed by atoms with Crippen molar-refractivity contribution < 1.29 is 13.2 Å². The molecule has 142 valence electrons. The molecule has 0 bridgehead atoms. The van der Waals surface area contributed by atoms with Crippen molar-refractivity contribution in [1.29, 1.82) is 0 Å². The molecule has 1 amide bonds. The molecule has 0 aliphatic carbocycles. The van der Waals surface area contributed by atoms with Crippen LogP contribution < -0.4 is 4.72 Å². The fourth-order valence-electron chi connectivity index (χ4n) is 3.21. The lowest BCUT2D eigenvalue weighted by Gasteiger charge is -2.27. The number of carbonyl (C=O) groups excluding carboxylic acids is 1. The van der Waals surface area contributed by atoms with E-state index in [1.165, 1.54) is 23.3 Å². The Morgan fingerprint density at radius 2 is 1.89 bits per heavy atom. The lowest BCUT2D eigenvalue weighted by molar-refractivity contribution is 0.0772. The van der Waals surface area contributed by atoms with E-state index in [2.05, 4.69) is 22.9 Å². The summed E-state index contributed by atoms with van der Waals surface area (Å²) in [4.78, 5) is 14.9. The number of sulfonamides is 1. The summed E-state index contributed by atoms with van der Waals surface area (Å²) in [5.41, 5.74) is 3.62. The number of hydrogen-bond donors (Lipinski definition) is 1. The third kappa shape index (κ3) is 4.28. The maximum absolute atomic E-state index is 13.0. The first-order chi connectivity index (χ1) is 12.9. The maximum atomic E-state index is 13.0. The predicted octanol–water partition coefficient (Wildman–Crippen LogP) is 3.22. The molecule has 27 heavy (non-hydrogen) atoms. The molecule has 0 saturated carbocycles. The molecule has 0 radical (unpaired) electrons. The third-order valence-electron chi connectivity index (χ3n) is 4.73. The van der Waals surface area contributed by atoms with Gasteiger partial charge in [0.15, 0.2) is 0 Å². The fourth-order valence-corrected chi connectivity index (χ4v) is 4.28. The molecule has 3 rings (SSSR count). The first kappa shape index (κ1) is 19.3. The molecule has 0 saturated heterocycles. The van der Waals surface area contributed by atoms with Gasteiger partial charge in [-0.05, 0) is 42.2 Å². The predicted molar refractivity (Wildman–Crippen MR) is 107 cm³/mol. The first-order valence-corrected chi connectivity index (χ1v) is 10.5. The number of amides is 1. The molecular formula is C21H24N2O3S. The lowest BCUT2D eigenvalue weighted by Crippen LogP contribution is -2.35. The van der Waals surface area contributed by atoms with Crippen molar-refractivity contribution in [2.75, 3.05) is 19.6 Å². The van der Waals surface area contributed by atoms with Gasteiger partial charge in [0.05, 0.1) is 4.90 Å². The zero-order chi connectivity index (χ0) is 19.4. The quantitative estimate of drug-likeness (QED) is 0.861. The number of nitrogens with one attached hydrogen (secondary N) is 1. The minimum Gasteiger partial charge on any atom is -0.335 e. The van der Waals surface area contributed by atoms with Gasteiger partial charge in [0.2, 0.25) is 10.0 Å². The summed E-state index contributed by atoms with van der Waals surface area (Å²) in [6.07, 6.45) is 2.86. The van der Waals surface area contributed by atoms with Gasteiger partial charge in [-0.2, -0.15) is 0 Å². The number of benzene rings is 2. The van der Waals surface area contributed by atoms with Crippen molar-refractivity contribution >= 4 is 21.5 Å². The Labute approximate surface area is 160 Å². The number of nitrogens with zero attached hydrogens (tertiary/aromatic N) is 1. The van der Waals surface area contributed by atoms with E-state index in [-0.39, 0.29) is 10.8 Å². The number of rotatable bonds is 5. The summed E-state index contributed by atoms with van der Waals surface area (Å²) < 4.78 is 27.0. The van der Waals surface area contributed by atoms with Crippen molar-refractivity contribution in [3.8, 4) is 0 Å². The lowest BCUT2D eigenvalue weighted by atomic mass is 9.99. The standard InChI is InChI=1S/C21H24N2O3S/c1-3-22-27(25,26)19-10-9-16(2)20(15-19)21(24)23-13-11-18(12-14-23)17-7-5-4-6-8-17/h4-11,15,22H,3,12-14H2,1-2H3. The summed E-state index contributed by atoms with van der Waals surface area (Å²) in [5.74, 6) is -0.135. The highest BCUT2D eigenvalue weighted by Crippen LogP contribution is 2.24. The molecule has 0 atom stereocenters. The van der Waals surface area contributed by atoms with Gasteiger partial charge >= 0.3 is 0 Å². The molecule has 0 fully saturated rings. The summed E-state index contributed by atoms with van der Waals surface area (Å²) >= 11 is 0. The van der Waals surface area contributed by atoms with Gasteiger partial charge < -0.3 is 4.90 Å². The number of hydrogen-bond acceptors (Lipinski definition) is 3. The molecule has 6 heteroatoms. The van der Waals surface area contributed by atoms with Crippen molar-refractivity contribution in [1.82, 2.24) is 9.62 Å². The second kappa shape index (κ2) is 8.06. The average Bonchev–Trinajstić information content (AvgIpc) is 2.68. The smallest absolute Gasteiger partial charge is 0.254 e.